The van der Waals surface area contributed by atoms with Crippen LogP contribution in [0.4, 0.5) is 0 Å². The second-order valence-corrected chi connectivity index (χ2v) is 3.97. The first-order valence-corrected chi connectivity index (χ1v) is 4.70. The molecule has 1 atom stereocenters. The van der Waals surface area contributed by atoms with Crippen molar-refractivity contribution in [2.75, 3.05) is 0 Å². The fourth-order valence-electron chi connectivity index (χ4n) is 1.28. The predicted molar refractivity (Wildman–Crippen MR) is 54.9 cm³/mol. The van der Waals surface area contributed by atoms with Crippen molar-refractivity contribution in [1.29, 1.82) is 0 Å². The number of aliphatic carboxylic acids is 1. The highest BCUT2D eigenvalue weighted by Gasteiger charge is 2.24. The largest absolute Gasteiger partial charge is 0.512 e. The van der Waals surface area contributed by atoms with E-state index in [4.69, 9.17) is 10.8 Å². The Morgan fingerprint density at radius 3 is 1.71 bits per heavy atom. The van der Waals surface area contributed by atoms with Crippen LogP contribution in [0.1, 0.15) is 27.7 Å². The lowest BCUT2D eigenvalue weighted by Gasteiger charge is -2.19. The number of allylic oxidation sites excluding steroid dienone is 1. The first-order valence-electron chi connectivity index (χ1n) is 4.70. The van der Waals surface area contributed by atoms with Gasteiger partial charge in [-0.1, -0.05) is 27.7 Å². The van der Waals surface area contributed by atoms with E-state index < -0.39 is 12.0 Å². The third-order valence-electron chi connectivity index (χ3n) is 2.07. The highest BCUT2D eigenvalue weighted by Crippen LogP contribution is 2.21. The molecule has 1 unspecified atom stereocenters. The number of hydrogen-bond acceptors (Lipinski definition) is 3. The monoisotopic (exact) mass is 201 g/mol. The summed E-state index contributed by atoms with van der Waals surface area (Å²) in [6, 6.07) is -1.11. The van der Waals surface area contributed by atoms with E-state index in [9.17, 15) is 9.90 Å². The molecule has 4 nitrogen and oxygen atoms in total. The molecule has 4 heteroatoms. The van der Waals surface area contributed by atoms with Gasteiger partial charge in [0, 0.05) is 5.92 Å². The Morgan fingerprint density at radius 1 is 1.07 bits per heavy atom. The highest BCUT2D eigenvalue weighted by atomic mass is 16.4. The standard InChI is InChI=1S/C10H19NO3/c1-5(2)7(8(11)10(13)14)9(12)6(3)4/h5-6,8,12H,11H2,1-4H3,(H,13,14)/b9-7-. The second kappa shape index (κ2) is 5.00. The van der Waals surface area contributed by atoms with Crippen molar-refractivity contribution in [3.05, 3.63) is 11.3 Å². The number of carbonyl (C=O) groups is 1. The number of carboxylic acid groups (broad SMARTS) is 1. The Balaban J connectivity index is 5.14. The van der Waals surface area contributed by atoms with Crippen molar-refractivity contribution >= 4 is 5.97 Å². The van der Waals surface area contributed by atoms with E-state index in [0.717, 1.165) is 0 Å². The molecule has 0 aromatic rings. The second-order valence-electron chi connectivity index (χ2n) is 3.97. The first-order chi connectivity index (χ1) is 6.29. The van der Waals surface area contributed by atoms with Crippen LogP contribution < -0.4 is 5.73 Å². The van der Waals surface area contributed by atoms with Gasteiger partial charge in [0.15, 0.2) is 0 Å². The number of aliphatic hydroxyl groups is 1. The Kier molecular flexibility index (Phi) is 4.63. The Hall–Kier alpha value is -1.03. The van der Waals surface area contributed by atoms with Gasteiger partial charge in [-0.05, 0) is 11.5 Å². The van der Waals surface area contributed by atoms with E-state index in [1.54, 1.807) is 13.8 Å². The Labute approximate surface area is 84.4 Å². The van der Waals surface area contributed by atoms with Crippen LogP contribution in [0.3, 0.4) is 0 Å². The Bertz CT molecular complexity index is 244. The molecule has 0 amide bonds. The SMILES string of the molecule is CC(C)/C(O)=C(\C(C)C)C(N)C(=O)O. The maximum atomic E-state index is 10.7. The molecule has 0 aromatic heterocycles. The topological polar surface area (TPSA) is 83.5 Å². The molecule has 82 valence electrons. The normalized spacial score (nSPS) is 15.6. The molecule has 0 fully saturated rings. The summed E-state index contributed by atoms with van der Waals surface area (Å²) in [4.78, 5) is 10.7. The molecule has 0 radical (unpaired) electrons. The van der Waals surface area contributed by atoms with Crippen LogP contribution in [0, 0.1) is 11.8 Å². The fourth-order valence-corrected chi connectivity index (χ4v) is 1.28. The zero-order valence-corrected chi connectivity index (χ0v) is 9.11. The zero-order valence-electron chi connectivity index (χ0n) is 9.11. The molecule has 0 heterocycles. The first kappa shape index (κ1) is 13.0. The van der Waals surface area contributed by atoms with Gasteiger partial charge in [0.1, 0.15) is 6.04 Å². The molecule has 0 aliphatic rings. The average Bonchev–Trinajstić information content (AvgIpc) is 2.03. The van der Waals surface area contributed by atoms with Gasteiger partial charge >= 0.3 is 5.97 Å². The van der Waals surface area contributed by atoms with Gasteiger partial charge in [0.25, 0.3) is 0 Å². The Morgan fingerprint density at radius 2 is 1.50 bits per heavy atom. The van der Waals surface area contributed by atoms with Gasteiger partial charge in [0.05, 0.1) is 5.76 Å². The minimum Gasteiger partial charge on any atom is -0.512 e. The highest BCUT2D eigenvalue weighted by molar-refractivity contribution is 5.77. The quantitative estimate of drug-likeness (QED) is 0.602. The predicted octanol–water partition coefficient (Wildman–Crippen LogP) is 1.52. The van der Waals surface area contributed by atoms with Crippen molar-refractivity contribution in [3.8, 4) is 0 Å². The number of carboxylic acids is 1. The van der Waals surface area contributed by atoms with Gasteiger partial charge in [-0.3, -0.25) is 4.79 Å². The third-order valence-corrected chi connectivity index (χ3v) is 2.07. The summed E-state index contributed by atoms with van der Waals surface area (Å²) in [5.41, 5.74) is 5.89. The van der Waals surface area contributed by atoms with Crippen LogP contribution in [-0.4, -0.2) is 22.2 Å². The summed E-state index contributed by atoms with van der Waals surface area (Å²) in [7, 11) is 0. The minimum atomic E-state index is -1.11. The zero-order chi connectivity index (χ0) is 11.5. The van der Waals surface area contributed by atoms with Crippen molar-refractivity contribution in [1.82, 2.24) is 0 Å². The van der Waals surface area contributed by atoms with Crippen molar-refractivity contribution in [2.45, 2.75) is 33.7 Å². The molecule has 4 N–H and O–H groups in total. The van der Waals surface area contributed by atoms with Crippen LogP contribution in [0.5, 0.6) is 0 Å². The van der Waals surface area contributed by atoms with Gasteiger partial charge in [-0.25, -0.2) is 0 Å². The summed E-state index contributed by atoms with van der Waals surface area (Å²) < 4.78 is 0. The summed E-state index contributed by atoms with van der Waals surface area (Å²) >= 11 is 0. The van der Waals surface area contributed by atoms with Crippen molar-refractivity contribution in [3.63, 3.8) is 0 Å². The van der Waals surface area contributed by atoms with Gasteiger partial charge < -0.3 is 15.9 Å². The van der Waals surface area contributed by atoms with Crippen LogP contribution in [-0.2, 0) is 4.79 Å². The van der Waals surface area contributed by atoms with E-state index in [-0.39, 0.29) is 17.6 Å². The van der Waals surface area contributed by atoms with E-state index in [2.05, 4.69) is 0 Å². The summed E-state index contributed by atoms with van der Waals surface area (Å²) in [5, 5.41) is 18.5. The average molecular weight is 201 g/mol. The third kappa shape index (κ3) is 3.03. The van der Waals surface area contributed by atoms with Gasteiger partial charge in [-0.15, -0.1) is 0 Å². The summed E-state index contributed by atoms with van der Waals surface area (Å²) in [6.45, 7) is 7.23. The molecule has 0 saturated carbocycles. The molecule has 0 saturated heterocycles. The molecular formula is C10H19NO3. The lowest BCUT2D eigenvalue weighted by Crippen LogP contribution is -2.35. The molecule has 0 rings (SSSR count). The van der Waals surface area contributed by atoms with Crippen molar-refractivity contribution < 1.29 is 15.0 Å². The number of hydrogen-bond donors (Lipinski definition) is 3. The number of rotatable bonds is 4. The number of nitrogens with two attached hydrogens (primary N) is 1. The minimum absolute atomic E-state index is 0.0662. The van der Waals surface area contributed by atoms with Gasteiger partial charge in [0.2, 0.25) is 0 Å². The lowest BCUT2D eigenvalue weighted by atomic mass is 9.91. The molecule has 0 spiro atoms. The van der Waals surface area contributed by atoms with E-state index in [1.807, 2.05) is 13.8 Å². The lowest BCUT2D eigenvalue weighted by molar-refractivity contribution is -0.137. The van der Waals surface area contributed by atoms with Crippen LogP contribution in [0.15, 0.2) is 11.3 Å². The van der Waals surface area contributed by atoms with Crippen LogP contribution in [0.25, 0.3) is 0 Å². The van der Waals surface area contributed by atoms with Crippen LogP contribution in [0.2, 0.25) is 0 Å². The maximum absolute atomic E-state index is 10.7. The van der Waals surface area contributed by atoms with Gasteiger partial charge in [-0.2, -0.15) is 0 Å². The molecule has 0 aliphatic carbocycles. The van der Waals surface area contributed by atoms with E-state index >= 15 is 0 Å². The molecule has 0 aromatic carbocycles. The molecule has 0 bridgehead atoms. The molecule has 0 aliphatic heterocycles. The smallest absolute Gasteiger partial charge is 0.324 e. The van der Waals surface area contributed by atoms with Crippen molar-refractivity contribution in [2.24, 2.45) is 17.6 Å². The fraction of sp³-hybridized carbons (Fsp3) is 0.700. The van der Waals surface area contributed by atoms with E-state index in [0.29, 0.717) is 5.57 Å². The molecule has 14 heavy (non-hydrogen) atoms. The molecular weight excluding hydrogens is 182 g/mol. The number of aliphatic hydroxyl groups excluding tert-OH is 1. The van der Waals surface area contributed by atoms with E-state index in [1.165, 1.54) is 0 Å². The maximum Gasteiger partial charge on any atom is 0.324 e. The van der Waals surface area contributed by atoms with Crippen LogP contribution >= 0.6 is 0 Å². The summed E-state index contributed by atoms with van der Waals surface area (Å²) in [5.74, 6) is -1.18. The summed E-state index contributed by atoms with van der Waals surface area (Å²) in [6.07, 6.45) is 0.